The molecule has 0 radical (unpaired) electrons. The highest BCUT2D eigenvalue weighted by molar-refractivity contribution is 5.75. The summed E-state index contributed by atoms with van der Waals surface area (Å²) in [4.78, 5) is 4.51. The van der Waals surface area contributed by atoms with E-state index < -0.39 is 0 Å². The molecule has 0 fully saturated rings. The fourth-order valence-electron chi connectivity index (χ4n) is 2.78. The van der Waals surface area contributed by atoms with Crippen LogP contribution in [0.25, 0.3) is 22.4 Å². The van der Waals surface area contributed by atoms with E-state index in [4.69, 9.17) is 0 Å². The normalized spacial score (nSPS) is 10.6. The number of benzene rings is 2. The monoisotopic (exact) mass is 273 g/mol. The summed E-state index contributed by atoms with van der Waals surface area (Å²) in [7, 11) is 0. The maximum Gasteiger partial charge on any atom is 0.0731 e. The molecule has 3 aromatic rings. The highest BCUT2D eigenvalue weighted by Crippen LogP contribution is 2.30. The summed E-state index contributed by atoms with van der Waals surface area (Å²) < 4.78 is 0. The standard InChI is InChI=1S/C20H19N/c1-14-7-4-5-9-18(14)19-11-10-17(13-16(19)3)20-15(2)8-6-12-21-20/h4-13H,1-3H3. The molecule has 0 saturated heterocycles. The molecule has 0 aliphatic rings. The Morgan fingerprint density at radius 2 is 1.38 bits per heavy atom. The highest BCUT2D eigenvalue weighted by Gasteiger charge is 2.08. The van der Waals surface area contributed by atoms with Crippen molar-refractivity contribution in [3.8, 4) is 22.4 Å². The summed E-state index contributed by atoms with van der Waals surface area (Å²) in [6.07, 6.45) is 1.85. The second-order valence-electron chi connectivity index (χ2n) is 5.51. The van der Waals surface area contributed by atoms with Crippen molar-refractivity contribution >= 4 is 0 Å². The van der Waals surface area contributed by atoms with Gasteiger partial charge in [0.25, 0.3) is 0 Å². The Labute approximate surface area is 126 Å². The Morgan fingerprint density at radius 1 is 0.667 bits per heavy atom. The second-order valence-corrected chi connectivity index (χ2v) is 5.51. The van der Waals surface area contributed by atoms with Crippen LogP contribution in [0.2, 0.25) is 0 Å². The molecule has 0 bridgehead atoms. The van der Waals surface area contributed by atoms with Crippen LogP contribution in [0, 0.1) is 20.8 Å². The van der Waals surface area contributed by atoms with Crippen molar-refractivity contribution in [2.24, 2.45) is 0 Å². The van der Waals surface area contributed by atoms with Crippen LogP contribution < -0.4 is 0 Å². The molecule has 2 aromatic carbocycles. The molecule has 0 amide bonds. The van der Waals surface area contributed by atoms with Crippen molar-refractivity contribution in [2.75, 3.05) is 0 Å². The molecule has 0 unspecified atom stereocenters. The van der Waals surface area contributed by atoms with E-state index in [0.717, 1.165) is 5.69 Å². The molecule has 21 heavy (non-hydrogen) atoms. The minimum atomic E-state index is 1.07. The number of aryl methyl sites for hydroxylation is 3. The Hall–Kier alpha value is -2.41. The lowest BCUT2D eigenvalue weighted by Crippen LogP contribution is -1.91. The van der Waals surface area contributed by atoms with Crippen molar-refractivity contribution in [1.82, 2.24) is 4.98 Å². The predicted octanol–water partition coefficient (Wildman–Crippen LogP) is 5.34. The van der Waals surface area contributed by atoms with E-state index in [1.54, 1.807) is 0 Å². The second kappa shape index (κ2) is 5.53. The lowest BCUT2D eigenvalue weighted by molar-refractivity contribution is 1.26. The Morgan fingerprint density at radius 3 is 2.10 bits per heavy atom. The zero-order chi connectivity index (χ0) is 14.8. The zero-order valence-corrected chi connectivity index (χ0v) is 12.7. The van der Waals surface area contributed by atoms with E-state index >= 15 is 0 Å². The smallest absolute Gasteiger partial charge is 0.0731 e. The van der Waals surface area contributed by atoms with Gasteiger partial charge in [-0.3, -0.25) is 4.98 Å². The SMILES string of the molecule is Cc1ccccc1-c1ccc(-c2ncccc2C)cc1C. The lowest BCUT2D eigenvalue weighted by Gasteiger charge is -2.12. The summed E-state index contributed by atoms with van der Waals surface area (Å²) in [5.41, 5.74) is 8.65. The third-order valence-electron chi connectivity index (χ3n) is 3.94. The number of aromatic nitrogens is 1. The minimum Gasteiger partial charge on any atom is -0.256 e. The summed E-state index contributed by atoms with van der Waals surface area (Å²) in [5.74, 6) is 0. The van der Waals surface area contributed by atoms with Crippen LogP contribution in [0.4, 0.5) is 0 Å². The van der Waals surface area contributed by atoms with Gasteiger partial charge >= 0.3 is 0 Å². The van der Waals surface area contributed by atoms with Crippen LogP contribution in [0.1, 0.15) is 16.7 Å². The summed E-state index contributed by atoms with van der Waals surface area (Å²) >= 11 is 0. The van der Waals surface area contributed by atoms with E-state index in [1.807, 2.05) is 12.3 Å². The molecule has 0 aliphatic heterocycles. The molecule has 0 N–H and O–H groups in total. The van der Waals surface area contributed by atoms with Gasteiger partial charge in [-0.1, -0.05) is 42.5 Å². The first-order chi connectivity index (χ1) is 10.2. The number of nitrogens with zero attached hydrogens (tertiary/aromatic N) is 1. The largest absolute Gasteiger partial charge is 0.256 e. The van der Waals surface area contributed by atoms with Gasteiger partial charge in [0.2, 0.25) is 0 Å². The Balaban J connectivity index is 2.09. The average molecular weight is 273 g/mol. The van der Waals surface area contributed by atoms with E-state index in [-0.39, 0.29) is 0 Å². The quantitative estimate of drug-likeness (QED) is 0.614. The van der Waals surface area contributed by atoms with Crippen LogP contribution in [0.3, 0.4) is 0 Å². The van der Waals surface area contributed by atoms with Crippen LogP contribution in [0.5, 0.6) is 0 Å². The van der Waals surface area contributed by atoms with Gasteiger partial charge in [0, 0.05) is 11.8 Å². The fraction of sp³-hybridized carbons (Fsp3) is 0.150. The van der Waals surface area contributed by atoms with Crippen molar-refractivity contribution < 1.29 is 0 Å². The molecule has 1 nitrogen and oxygen atoms in total. The van der Waals surface area contributed by atoms with Gasteiger partial charge in [0.15, 0.2) is 0 Å². The molecule has 0 aliphatic carbocycles. The number of pyridine rings is 1. The molecular weight excluding hydrogens is 254 g/mol. The first kappa shape index (κ1) is 13.6. The first-order valence-electron chi connectivity index (χ1n) is 7.25. The van der Waals surface area contributed by atoms with Crippen molar-refractivity contribution in [2.45, 2.75) is 20.8 Å². The van der Waals surface area contributed by atoms with Crippen LogP contribution in [-0.4, -0.2) is 4.98 Å². The van der Waals surface area contributed by atoms with E-state index in [0.29, 0.717) is 0 Å². The molecule has 3 rings (SSSR count). The summed E-state index contributed by atoms with van der Waals surface area (Å²) in [5, 5.41) is 0. The van der Waals surface area contributed by atoms with Gasteiger partial charge in [-0.15, -0.1) is 0 Å². The minimum absolute atomic E-state index is 1.07. The number of hydrogen-bond acceptors (Lipinski definition) is 1. The molecule has 1 aromatic heterocycles. The van der Waals surface area contributed by atoms with Crippen LogP contribution in [0.15, 0.2) is 60.8 Å². The predicted molar refractivity (Wildman–Crippen MR) is 89.3 cm³/mol. The van der Waals surface area contributed by atoms with Gasteiger partial charge in [0.1, 0.15) is 0 Å². The molecule has 0 saturated carbocycles. The zero-order valence-electron chi connectivity index (χ0n) is 12.7. The topological polar surface area (TPSA) is 12.9 Å². The van der Waals surface area contributed by atoms with E-state index in [1.165, 1.54) is 33.4 Å². The summed E-state index contributed by atoms with van der Waals surface area (Å²) in [6.45, 7) is 6.43. The van der Waals surface area contributed by atoms with Gasteiger partial charge in [-0.2, -0.15) is 0 Å². The van der Waals surface area contributed by atoms with E-state index in [2.05, 4.69) is 74.3 Å². The van der Waals surface area contributed by atoms with Crippen LogP contribution in [-0.2, 0) is 0 Å². The number of hydrogen-bond donors (Lipinski definition) is 0. The first-order valence-corrected chi connectivity index (χ1v) is 7.25. The van der Waals surface area contributed by atoms with E-state index in [9.17, 15) is 0 Å². The Kier molecular flexibility index (Phi) is 3.57. The van der Waals surface area contributed by atoms with Gasteiger partial charge < -0.3 is 0 Å². The fourth-order valence-corrected chi connectivity index (χ4v) is 2.78. The maximum atomic E-state index is 4.51. The lowest BCUT2D eigenvalue weighted by atomic mass is 9.94. The van der Waals surface area contributed by atoms with Crippen molar-refractivity contribution in [1.29, 1.82) is 0 Å². The maximum absolute atomic E-state index is 4.51. The van der Waals surface area contributed by atoms with Crippen LogP contribution >= 0.6 is 0 Å². The number of rotatable bonds is 2. The Bertz CT molecular complexity index is 787. The third kappa shape index (κ3) is 2.59. The molecular formula is C20H19N. The van der Waals surface area contributed by atoms with Crippen molar-refractivity contribution in [3.05, 3.63) is 77.5 Å². The van der Waals surface area contributed by atoms with Gasteiger partial charge in [-0.25, -0.2) is 0 Å². The summed E-state index contributed by atoms with van der Waals surface area (Å²) in [6, 6.07) is 19.2. The average Bonchev–Trinajstić information content (AvgIpc) is 2.49. The molecule has 1 heteroatoms. The van der Waals surface area contributed by atoms with Gasteiger partial charge in [0.05, 0.1) is 5.69 Å². The van der Waals surface area contributed by atoms with Crippen molar-refractivity contribution in [3.63, 3.8) is 0 Å². The molecule has 104 valence electrons. The highest BCUT2D eigenvalue weighted by atomic mass is 14.7. The molecule has 1 heterocycles. The van der Waals surface area contributed by atoms with Gasteiger partial charge in [-0.05, 0) is 60.7 Å². The molecule has 0 atom stereocenters. The third-order valence-corrected chi connectivity index (χ3v) is 3.94. The molecule has 0 spiro atoms.